The molecule has 0 unspecified atom stereocenters. The number of hydrogen-bond donors (Lipinski definition) is 2. The van der Waals surface area contributed by atoms with Gasteiger partial charge in [-0.25, -0.2) is 4.79 Å². The van der Waals surface area contributed by atoms with Gasteiger partial charge in [0.05, 0.1) is 7.11 Å². The van der Waals surface area contributed by atoms with Gasteiger partial charge in [0.2, 0.25) is 11.8 Å². The maximum atomic E-state index is 12.9. The maximum Gasteiger partial charge on any atom is 0.343 e. The summed E-state index contributed by atoms with van der Waals surface area (Å²) in [4.78, 5) is 38.8. The Morgan fingerprint density at radius 1 is 1.21 bits per heavy atom. The summed E-state index contributed by atoms with van der Waals surface area (Å²) in [6, 6.07) is 13.8. The lowest BCUT2D eigenvalue weighted by atomic mass is 10.0. The number of likely N-dealkylation sites (tertiary alicyclic amines) is 1. The predicted molar refractivity (Wildman–Crippen MR) is 128 cm³/mol. The Hall–Kier alpha value is -3.10. The van der Waals surface area contributed by atoms with Gasteiger partial charge in [-0.05, 0) is 43.0 Å². The third-order valence-electron chi connectivity index (χ3n) is 5.70. The average molecular weight is 488 g/mol. The third kappa shape index (κ3) is 7.20. The number of hydrogen-bond acceptors (Lipinski definition) is 6. The van der Waals surface area contributed by atoms with E-state index in [9.17, 15) is 14.4 Å². The van der Waals surface area contributed by atoms with Crippen molar-refractivity contribution in [3.05, 3.63) is 64.7 Å². The minimum Gasteiger partial charge on any atom is -0.482 e. The van der Waals surface area contributed by atoms with Crippen molar-refractivity contribution < 1.29 is 23.9 Å². The van der Waals surface area contributed by atoms with Crippen molar-refractivity contribution in [3.8, 4) is 5.75 Å². The highest BCUT2D eigenvalue weighted by molar-refractivity contribution is 6.30. The zero-order valence-electron chi connectivity index (χ0n) is 19.2. The topological polar surface area (TPSA) is 111 Å². The molecular weight excluding hydrogens is 458 g/mol. The van der Waals surface area contributed by atoms with Crippen LogP contribution in [0.2, 0.25) is 5.02 Å². The molecule has 2 aromatic rings. The zero-order valence-corrected chi connectivity index (χ0v) is 19.9. The van der Waals surface area contributed by atoms with Crippen LogP contribution in [0, 0.1) is 0 Å². The number of nitrogens with zero attached hydrogens (tertiary/aromatic N) is 1. The van der Waals surface area contributed by atoms with Crippen LogP contribution in [-0.4, -0.2) is 55.0 Å². The Bertz CT molecular complexity index is 1000. The van der Waals surface area contributed by atoms with Crippen molar-refractivity contribution in [1.29, 1.82) is 0 Å². The molecule has 0 aliphatic carbocycles. The van der Waals surface area contributed by atoms with Gasteiger partial charge >= 0.3 is 5.97 Å². The summed E-state index contributed by atoms with van der Waals surface area (Å²) in [5.41, 5.74) is 7.90. The number of amides is 2. The van der Waals surface area contributed by atoms with Crippen LogP contribution in [0.25, 0.3) is 0 Å². The fourth-order valence-electron chi connectivity index (χ4n) is 3.99. The Balaban J connectivity index is 1.56. The van der Waals surface area contributed by atoms with Gasteiger partial charge in [-0.15, -0.1) is 0 Å². The van der Waals surface area contributed by atoms with E-state index < -0.39 is 12.0 Å². The molecule has 1 aliphatic rings. The van der Waals surface area contributed by atoms with Gasteiger partial charge in [0.15, 0.2) is 6.61 Å². The highest BCUT2D eigenvalue weighted by Crippen LogP contribution is 2.24. The minimum atomic E-state index is -0.546. The number of esters is 1. The Morgan fingerprint density at radius 3 is 2.71 bits per heavy atom. The first-order valence-electron chi connectivity index (χ1n) is 11.2. The van der Waals surface area contributed by atoms with Gasteiger partial charge in [-0.2, -0.15) is 0 Å². The van der Waals surface area contributed by atoms with Crippen LogP contribution in [-0.2, 0) is 32.1 Å². The molecule has 2 aromatic carbocycles. The summed E-state index contributed by atoms with van der Waals surface area (Å²) in [6.07, 6.45) is 2.12. The lowest BCUT2D eigenvalue weighted by Gasteiger charge is -2.25. The van der Waals surface area contributed by atoms with Gasteiger partial charge in [-0.1, -0.05) is 41.9 Å². The second kappa shape index (κ2) is 12.4. The van der Waals surface area contributed by atoms with Crippen LogP contribution in [0.5, 0.6) is 5.75 Å². The SMILES string of the molecule is COC(=O)COc1ccc(Cl)cc1CNC(=O)[C@@H]1CCCN1C(=O)C[C@H](N)Cc1ccccc1. The summed E-state index contributed by atoms with van der Waals surface area (Å²) >= 11 is 6.10. The molecular formula is C25H30ClN3O5. The normalized spacial score (nSPS) is 16.1. The fourth-order valence-corrected chi connectivity index (χ4v) is 4.19. The first-order valence-corrected chi connectivity index (χ1v) is 11.6. The van der Waals surface area contributed by atoms with Crippen LogP contribution in [0.3, 0.4) is 0 Å². The van der Waals surface area contributed by atoms with Crippen molar-refractivity contribution in [2.75, 3.05) is 20.3 Å². The van der Waals surface area contributed by atoms with Crippen molar-refractivity contribution >= 4 is 29.4 Å². The first-order chi connectivity index (χ1) is 16.4. The van der Waals surface area contributed by atoms with Crippen LogP contribution in [0.1, 0.15) is 30.4 Å². The smallest absolute Gasteiger partial charge is 0.343 e. The second-order valence-corrected chi connectivity index (χ2v) is 8.67. The molecule has 2 atom stereocenters. The standard InChI is InChI=1S/C25H30ClN3O5/c1-33-24(31)16-34-22-10-9-19(26)13-18(22)15-28-25(32)21-8-5-11-29(21)23(30)14-20(27)12-17-6-3-2-4-7-17/h2-4,6-7,9-10,13,20-21H,5,8,11-12,14-16,27H2,1H3,(H,28,32)/t20-,21+/m1/s1. The Kier molecular flexibility index (Phi) is 9.30. The number of ether oxygens (including phenoxy) is 2. The molecule has 1 aliphatic heterocycles. The van der Waals surface area contributed by atoms with E-state index in [2.05, 4.69) is 10.1 Å². The number of methoxy groups -OCH3 is 1. The van der Waals surface area contributed by atoms with E-state index in [4.69, 9.17) is 22.1 Å². The maximum absolute atomic E-state index is 12.9. The molecule has 8 nitrogen and oxygen atoms in total. The molecule has 3 N–H and O–H groups in total. The third-order valence-corrected chi connectivity index (χ3v) is 5.94. The van der Waals surface area contributed by atoms with Gasteiger partial charge < -0.3 is 25.4 Å². The fraction of sp³-hybridized carbons (Fsp3) is 0.400. The second-order valence-electron chi connectivity index (χ2n) is 8.23. The van der Waals surface area contributed by atoms with E-state index in [1.807, 2.05) is 30.3 Å². The summed E-state index contributed by atoms with van der Waals surface area (Å²) in [5, 5.41) is 3.34. The van der Waals surface area contributed by atoms with Gasteiger partial charge in [-0.3, -0.25) is 9.59 Å². The van der Waals surface area contributed by atoms with E-state index in [0.717, 1.165) is 12.0 Å². The van der Waals surface area contributed by atoms with Crippen molar-refractivity contribution in [2.24, 2.45) is 5.73 Å². The highest BCUT2D eigenvalue weighted by Gasteiger charge is 2.34. The summed E-state index contributed by atoms with van der Waals surface area (Å²) in [5.74, 6) is -0.468. The summed E-state index contributed by atoms with van der Waals surface area (Å²) < 4.78 is 10.1. The Labute approximate surface area is 204 Å². The zero-order chi connectivity index (χ0) is 24.5. The van der Waals surface area contributed by atoms with Gasteiger partial charge in [0.1, 0.15) is 11.8 Å². The molecule has 1 heterocycles. The first kappa shape index (κ1) is 25.5. The van der Waals surface area contributed by atoms with Crippen molar-refractivity contribution in [1.82, 2.24) is 10.2 Å². The van der Waals surface area contributed by atoms with E-state index in [1.165, 1.54) is 7.11 Å². The number of nitrogens with two attached hydrogens (primary N) is 1. The molecule has 9 heteroatoms. The van der Waals surface area contributed by atoms with E-state index in [0.29, 0.717) is 35.7 Å². The van der Waals surface area contributed by atoms with Crippen molar-refractivity contribution in [3.63, 3.8) is 0 Å². The van der Waals surface area contributed by atoms with Crippen LogP contribution < -0.4 is 15.8 Å². The quantitative estimate of drug-likeness (QED) is 0.498. The molecule has 0 bridgehead atoms. The van der Waals surface area contributed by atoms with Crippen molar-refractivity contribution in [2.45, 2.75) is 44.3 Å². The number of carbonyl (C=O) groups is 3. The molecule has 0 aromatic heterocycles. The predicted octanol–water partition coefficient (Wildman–Crippen LogP) is 2.46. The molecule has 1 fully saturated rings. The molecule has 0 radical (unpaired) electrons. The average Bonchev–Trinajstić information content (AvgIpc) is 3.32. The largest absolute Gasteiger partial charge is 0.482 e. The summed E-state index contributed by atoms with van der Waals surface area (Å²) in [7, 11) is 1.28. The lowest BCUT2D eigenvalue weighted by molar-refractivity contribution is -0.143. The molecule has 0 spiro atoms. The lowest BCUT2D eigenvalue weighted by Crippen LogP contribution is -2.47. The highest BCUT2D eigenvalue weighted by atomic mass is 35.5. The number of halogens is 1. The number of benzene rings is 2. The molecule has 3 rings (SSSR count). The van der Waals surface area contributed by atoms with E-state index in [1.54, 1.807) is 23.1 Å². The van der Waals surface area contributed by atoms with Gasteiger partial charge in [0, 0.05) is 36.1 Å². The number of carbonyl (C=O) groups excluding carboxylic acids is 3. The molecule has 182 valence electrons. The Morgan fingerprint density at radius 2 is 1.97 bits per heavy atom. The molecule has 2 amide bonds. The van der Waals surface area contributed by atoms with Gasteiger partial charge in [0.25, 0.3) is 0 Å². The van der Waals surface area contributed by atoms with E-state index >= 15 is 0 Å². The number of rotatable bonds is 10. The monoisotopic (exact) mass is 487 g/mol. The summed E-state index contributed by atoms with van der Waals surface area (Å²) in [6.45, 7) is 0.412. The molecule has 0 saturated carbocycles. The van der Waals surface area contributed by atoms with Crippen LogP contribution >= 0.6 is 11.6 Å². The van der Waals surface area contributed by atoms with Crippen LogP contribution in [0.15, 0.2) is 48.5 Å². The molecule has 1 saturated heterocycles. The minimum absolute atomic E-state index is 0.120. The van der Waals surface area contributed by atoms with Crippen LogP contribution in [0.4, 0.5) is 0 Å². The molecule has 34 heavy (non-hydrogen) atoms. The number of nitrogens with one attached hydrogen (secondary N) is 1. The van der Waals surface area contributed by atoms with E-state index in [-0.39, 0.29) is 37.4 Å².